The third kappa shape index (κ3) is 2.88. The molecule has 0 aliphatic carbocycles. The molecule has 0 unspecified atom stereocenters. The van der Waals surface area contributed by atoms with Crippen LogP contribution in [0.2, 0.25) is 0 Å². The first-order valence-electron chi connectivity index (χ1n) is 5.74. The summed E-state index contributed by atoms with van der Waals surface area (Å²) >= 11 is 0. The van der Waals surface area contributed by atoms with Crippen molar-refractivity contribution in [2.24, 2.45) is 0 Å². The highest BCUT2D eigenvalue weighted by molar-refractivity contribution is 5.84. The average molecular weight is 245 g/mol. The number of allylic oxidation sites excluding steroid dienone is 1. The van der Waals surface area contributed by atoms with E-state index in [0.717, 1.165) is 22.4 Å². The molecule has 1 aromatic heterocycles. The summed E-state index contributed by atoms with van der Waals surface area (Å²) in [6.07, 6.45) is 3.08. The van der Waals surface area contributed by atoms with E-state index in [2.05, 4.69) is 15.3 Å². The van der Waals surface area contributed by atoms with Crippen molar-refractivity contribution in [1.29, 1.82) is 0 Å². The second kappa shape index (κ2) is 5.35. The van der Waals surface area contributed by atoms with Gasteiger partial charge in [0.25, 0.3) is 0 Å². The summed E-state index contributed by atoms with van der Waals surface area (Å²) in [5.41, 5.74) is 3.48. The largest absolute Gasteiger partial charge is 0.463 e. The van der Waals surface area contributed by atoms with Crippen molar-refractivity contribution in [3.8, 4) is 0 Å². The monoisotopic (exact) mass is 245 g/mol. The molecule has 0 bridgehead atoms. The van der Waals surface area contributed by atoms with Gasteiger partial charge in [0, 0.05) is 17.5 Å². The molecular formula is C13H15N3O2. The van der Waals surface area contributed by atoms with E-state index in [0.29, 0.717) is 6.61 Å². The van der Waals surface area contributed by atoms with E-state index in [1.807, 2.05) is 25.1 Å². The highest BCUT2D eigenvalue weighted by Crippen LogP contribution is 2.16. The molecule has 0 amide bonds. The van der Waals surface area contributed by atoms with Crippen LogP contribution < -0.4 is 5.32 Å². The molecule has 5 heteroatoms. The second-order valence-electron chi connectivity index (χ2n) is 3.84. The van der Waals surface area contributed by atoms with Crippen LogP contribution in [0.4, 0.5) is 5.69 Å². The van der Waals surface area contributed by atoms with E-state index in [4.69, 9.17) is 4.74 Å². The van der Waals surface area contributed by atoms with E-state index in [1.54, 1.807) is 13.3 Å². The normalized spacial score (nSPS) is 11.6. The lowest BCUT2D eigenvalue weighted by molar-refractivity contribution is -0.137. The molecule has 2 N–H and O–H groups in total. The molecule has 2 aromatic rings. The zero-order chi connectivity index (χ0) is 13.0. The predicted molar refractivity (Wildman–Crippen MR) is 70.1 cm³/mol. The summed E-state index contributed by atoms with van der Waals surface area (Å²) in [6.45, 7) is 3.97. The third-order valence-electron chi connectivity index (χ3n) is 2.38. The van der Waals surface area contributed by atoms with Crippen LogP contribution in [0.1, 0.15) is 13.8 Å². The van der Waals surface area contributed by atoms with E-state index in [-0.39, 0.29) is 5.97 Å². The number of nitrogens with zero attached hydrogens (tertiary/aromatic N) is 1. The Morgan fingerprint density at radius 3 is 3.17 bits per heavy atom. The van der Waals surface area contributed by atoms with Crippen LogP contribution in [0.15, 0.2) is 36.3 Å². The van der Waals surface area contributed by atoms with Gasteiger partial charge < -0.3 is 15.0 Å². The number of carbonyl (C=O) groups is 1. The Labute approximate surface area is 105 Å². The number of benzene rings is 1. The number of aromatic amines is 1. The molecular weight excluding hydrogens is 230 g/mol. The van der Waals surface area contributed by atoms with Gasteiger partial charge in [-0.2, -0.15) is 0 Å². The van der Waals surface area contributed by atoms with Crippen molar-refractivity contribution in [1.82, 2.24) is 9.97 Å². The number of nitrogens with one attached hydrogen (secondary N) is 2. The Balaban J connectivity index is 2.10. The number of H-pyrrole nitrogens is 1. The van der Waals surface area contributed by atoms with Crippen molar-refractivity contribution in [2.45, 2.75) is 13.8 Å². The lowest BCUT2D eigenvalue weighted by Gasteiger charge is -2.06. The van der Waals surface area contributed by atoms with E-state index in [9.17, 15) is 4.79 Å². The van der Waals surface area contributed by atoms with Gasteiger partial charge in [0.15, 0.2) is 0 Å². The summed E-state index contributed by atoms with van der Waals surface area (Å²) in [5.74, 6) is -0.342. The number of hydrogen-bond donors (Lipinski definition) is 2. The molecule has 94 valence electrons. The maximum atomic E-state index is 11.3. The molecule has 2 rings (SSSR count). The minimum absolute atomic E-state index is 0.342. The molecule has 5 nitrogen and oxygen atoms in total. The van der Waals surface area contributed by atoms with Crippen molar-refractivity contribution in [3.63, 3.8) is 0 Å². The zero-order valence-corrected chi connectivity index (χ0v) is 10.4. The first-order valence-corrected chi connectivity index (χ1v) is 5.74. The van der Waals surface area contributed by atoms with Crippen molar-refractivity contribution < 1.29 is 9.53 Å². The SMILES string of the molecule is CCOC(=O)C=C(C)Nc1ccc2nc[nH]c2c1. The van der Waals surface area contributed by atoms with Crippen LogP contribution in [-0.2, 0) is 9.53 Å². The molecule has 0 saturated carbocycles. The van der Waals surface area contributed by atoms with Gasteiger partial charge in [0.2, 0.25) is 0 Å². The maximum Gasteiger partial charge on any atom is 0.332 e. The van der Waals surface area contributed by atoms with Gasteiger partial charge in [-0.25, -0.2) is 9.78 Å². The third-order valence-corrected chi connectivity index (χ3v) is 2.38. The predicted octanol–water partition coefficient (Wildman–Crippen LogP) is 2.44. The molecule has 1 heterocycles. The summed E-state index contributed by atoms with van der Waals surface area (Å²) in [5, 5.41) is 3.13. The fourth-order valence-electron chi connectivity index (χ4n) is 1.64. The standard InChI is InChI=1S/C13H15N3O2/c1-3-18-13(17)6-9(2)16-10-4-5-11-12(7-10)15-8-14-11/h4-8,16H,3H2,1-2H3,(H,14,15). The average Bonchev–Trinajstić information content (AvgIpc) is 2.76. The molecule has 0 saturated heterocycles. The van der Waals surface area contributed by atoms with Crippen LogP contribution in [0.25, 0.3) is 11.0 Å². The quantitative estimate of drug-likeness (QED) is 0.641. The Morgan fingerprint density at radius 1 is 1.56 bits per heavy atom. The molecule has 0 fully saturated rings. The lowest BCUT2D eigenvalue weighted by Crippen LogP contribution is -2.04. The van der Waals surface area contributed by atoms with Gasteiger partial charge in [-0.3, -0.25) is 0 Å². The van der Waals surface area contributed by atoms with Crippen LogP contribution >= 0.6 is 0 Å². The van der Waals surface area contributed by atoms with Gasteiger partial charge >= 0.3 is 5.97 Å². The van der Waals surface area contributed by atoms with Crippen molar-refractivity contribution in [2.75, 3.05) is 11.9 Å². The summed E-state index contributed by atoms with van der Waals surface area (Å²) in [7, 11) is 0. The summed E-state index contributed by atoms with van der Waals surface area (Å²) in [6, 6.07) is 5.75. The first-order chi connectivity index (χ1) is 8.69. The zero-order valence-electron chi connectivity index (χ0n) is 10.4. The Kier molecular flexibility index (Phi) is 3.62. The highest BCUT2D eigenvalue weighted by atomic mass is 16.5. The Bertz CT molecular complexity index is 587. The Hall–Kier alpha value is -2.30. The van der Waals surface area contributed by atoms with E-state index >= 15 is 0 Å². The molecule has 0 aliphatic heterocycles. The molecule has 18 heavy (non-hydrogen) atoms. The Morgan fingerprint density at radius 2 is 2.39 bits per heavy atom. The van der Waals surface area contributed by atoms with Crippen LogP contribution in [0, 0.1) is 0 Å². The molecule has 0 aliphatic rings. The van der Waals surface area contributed by atoms with Gasteiger partial charge in [0.05, 0.1) is 24.0 Å². The minimum atomic E-state index is -0.342. The van der Waals surface area contributed by atoms with Gasteiger partial charge in [-0.15, -0.1) is 0 Å². The van der Waals surface area contributed by atoms with Crippen LogP contribution in [0.5, 0.6) is 0 Å². The van der Waals surface area contributed by atoms with Crippen LogP contribution in [-0.4, -0.2) is 22.5 Å². The van der Waals surface area contributed by atoms with E-state index < -0.39 is 0 Å². The number of esters is 1. The first kappa shape index (κ1) is 12.2. The molecule has 0 radical (unpaired) electrons. The molecule has 0 atom stereocenters. The van der Waals surface area contributed by atoms with Crippen molar-refractivity contribution in [3.05, 3.63) is 36.3 Å². The minimum Gasteiger partial charge on any atom is -0.463 e. The number of anilines is 1. The number of fused-ring (bicyclic) bond motifs is 1. The summed E-state index contributed by atoms with van der Waals surface area (Å²) in [4.78, 5) is 18.4. The number of ether oxygens (including phenoxy) is 1. The lowest BCUT2D eigenvalue weighted by atomic mass is 10.2. The van der Waals surface area contributed by atoms with Gasteiger partial charge in [-0.1, -0.05) is 0 Å². The number of rotatable bonds is 4. The second-order valence-corrected chi connectivity index (χ2v) is 3.84. The highest BCUT2D eigenvalue weighted by Gasteiger charge is 2.01. The number of aromatic nitrogens is 2. The molecule has 1 aromatic carbocycles. The number of hydrogen-bond acceptors (Lipinski definition) is 4. The van der Waals surface area contributed by atoms with E-state index in [1.165, 1.54) is 6.08 Å². The van der Waals surface area contributed by atoms with Crippen molar-refractivity contribution >= 4 is 22.7 Å². The van der Waals surface area contributed by atoms with Gasteiger partial charge in [-0.05, 0) is 32.0 Å². The topological polar surface area (TPSA) is 67.0 Å². The maximum absolute atomic E-state index is 11.3. The van der Waals surface area contributed by atoms with Gasteiger partial charge in [0.1, 0.15) is 0 Å². The smallest absolute Gasteiger partial charge is 0.332 e. The van der Waals surface area contributed by atoms with Crippen LogP contribution in [0.3, 0.4) is 0 Å². The number of imidazole rings is 1. The molecule has 0 spiro atoms. The number of carbonyl (C=O) groups excluding carboxylic acids is 1. The fourth-order valence-corrected chi connectivity index (χ4v) is 1.64. The summed E-state index contributed by atoms with van der Waals surface area (Å²) < 4.78 is 4.84. The fraction of sp³-hybridized carbons (Fsp3) is 0.231.